The number of nitrogens with one attached hydrogen (secondary N) is 3. The molecule has 0 spiro atoms. The van der Waals surface area contributed by atoms with E-state index in [9.17, 15) is 14.4 Å². The lowest BCUT2D eigenvalue weighted by Gasteiger charge is -2.14. The molecule has 8 heteroatoms. The summed E-state index contributed by atoms with van der Waals surface area (Å²) in [5.74, 6) is -0.574. The van der Waals surface area contributed by atoms with Crippen LogP contribution in [0.5, 0.6) is 0 Å². The highest BCUT2D eigenvalue weighted by Gasteiger charge is 2.12. The van der Waals surface area contributed by atoms with E-state index in [1.165, 1.54) is 4.57 Å². The molecule has 3 rings (SSSR count). The Kier molecular flexibility index (Phi) is 5.92. The third-order valence-electron chi connectivity index (χ3n) is 4.67. The van der Waals surface area contributed by atoms with Gasteiger partial charge in [-0.15, -0.1) is 0 Å². The van der Waals surface area contributed by atoms with E-state index >= 15 is 0 Å². The van der Waals surface area contributed by atoms with Gasteiger partial charge in [0.05, 0.1) is 17.4 Å². The number of anilines is 1. The molecule has 2 aromatic carbocycles. The Labute approximate surface area is 167 Å². The van der Waals surface area contributed by atoms with Gasteiger partial charge in [-0.3, -0.25) is 29.8 Å². The van der Waals surface area contributed by atoms with E-state index in [1.807, 2.05) is 26.8 Å². The number of carbonyl (C=O) groups is 2. The summed E-state index contributed by atoms with van der Waals surface area (Å²) in [5.41, 5.74) is 8.06. The number of carbonyl (C=O) groups excluding carboxylic acids is 2. The molecule has 150 valence electrons. The van der Waals surface area contributed by atoms with Crippen LogP contribution in [-0.2, 0) is 11.3 Å². The van der Waals surface area contributed by atoms with Crippen molar-refractivity contribution in [2.45, 2.75) is 27.3 Å². The van der Waals surface area contributed by atoms with Gasteiger partial charge in [-0.1, -0.05) is 18.2 Å². The monoisotopic (exact) mass is 393 g/mol. The summed E-state index contributed by atoms with van der Waals surface area (Å²) in [4.78, 5) is 41.3. The molecule has 0 saturated carbocycles. The largest absolute Gasteiger partial charge is 0.343 e. The molecule has 0 aliphatic rings. The number of amides is 2. The molecule has 2 amide bonds. The van der Waals surface area contributed by atoms with Gasteiger partial charge in [0.15, 0.2) is 0 Å². The highest BCUT2D eigenvalue weighted by molar-refractivity contribution is 5.96. The second-order valence-electron chi connectivity index (χ2n) is 6.66. The minimum atomic E-state index is -0.466. The Morgan fingerprint density at radius 2 is 1.83 bits per heavy atom. The van der Waals surface area contributed by atoms with Crippen molar-refractivity contribution >= 4 is 28.7 Å². The first kappa shape index (κ1) is 20.1. The Morgan fingerprint density at radius 1 is 1.07 bits per heavy atom. The van der Waals surface area contributed by atoms with Crippen LogP contribution in [0.1, 0.15) is 28.4 Å². The molecule has 8 nitrogen and oxygen atoms in total. The first-order valence-corrected chi connectivity index (χ1v) is 9.30. The molecule has 0 radical (unpaired) electrons. The molecule has 0 atom stereocenters. The lowest BCUT2D eigenvalue weighted by molar-refractivity contribution is -0.119. The van der Waals surface area contributed by atoms with Gasteiger partial charge in [0.25, 0.3) is 17.4 Å². The molecule has 1 aromatic heterocycles. The Hall–Kier alpha value is -3.68. The maximum absolute atomic E-state index is 12.6. The second kappa shape index (κ2) is 8.55. The SMILES string of the molecule is CCn1c(NNC(=O)CNC(=O)c2ccc(C)c(C)c2)nc2ccccc2c1=O. The molecule has 0 bridgehead atoms. The van der Waals surface area contributed by atoms with Crippen molar-refractivity contribution in [3.63, 3.8) is 0 Å². The number of hydrogen-bond acceptors (Lipinski definition) is 5. The van der Waals surface area contributed by atoms with Crippen LogP contribution >= 0.6 is 0 Å². The predicted molar refractivity (Wildman–Crippen MR) is 112 cm³/mol. The van der Waals surface area contributed by atoms with Crippen LogP contribution in [0.3, 0.4) is 0 Å². The zero-order valence-corrected chi connectivity index (χ0v) is 16.6. The second-order valence-corrected chi connectivity index (χ2v) is 6.66. The first-order chi connectivity index (χ1) is 13.9. The standard InChI is InChI=1S/C21H23N5O3/c1-4-26-20(29)16-7-5-6-8-17(16)23-21(26)25-24-18(27)12-22-19(28)15-10-9-13(2)14(3)11-15/h5-11H,4,12H2,1-3H3,(H,22,28)(H,23,25)(H,24,27). The number of para-hydroxylation sites is 1. The van der Waals surface area contributed by atoms with Crippen LogP contribution in [0.2, 0.25) is 0 Å². The molecule has 0 fully saturated rings. The number of aryl methyl sites for hydroxylation is 2. The number of aromatic nitrogens is 2. The fraction of sp³-hybridized carbons (Fsp3) is 0.238. The van der Waals surface area contributed by atoms with E-state index in [1.54, 1.807) is 36.4 Å². The van der Waals surface area contributed by atoms with Crippen molar-refractivity contribution in [1.29, 1.82) is 0 Å². The third kappa shape index (κ3) is 4.43. The normalized spacial score (nSPS) is 10.6. The lowest BCUT2D eigenvalue weighted by Crippen LogP contribution is -2.41. The van der Waals surface area contributed by atoms with Crippen LogP contribution in [0.25, 0.3) is 10.9 Å². The lowest BCUT2D eigenvalue weighted by atomic mass is 10.1. The zero-order chi connectivity index (χ0) is 21.0. The summed E-state index contributed by atoms with van der Waals surface area (Å²) >= 11 is 0. The maximum atomic E-state index is 12.6. The molecule has 3 N–H and O–H groups in total. The number of benzene rings is 2. The van der Waals surface area contributed by atoms with Gasteiger partial charge >= 0.3 is 0 Å². The van der Waals surface area contributed by atoms with Crippen molar-refractivity contribution in [3.05, 3.63) is 69.5 Å². The van der Waals surface area contributed by atoms with Crippen LogP contribution in [0.15, 0.2) is 47.3 Å². The number of nitrogens with zero attached hydrogens (tertiary/aromatic N) is 2. The Morgan fingerprint density at radius 3 is 2.55 bits per heavy atom. The minimum absolute atomic E-state index is 0.196. The molecular formula is C21H23N5O3. The summed E-state index contributed by atoms with van der Waals surface area (Å²) in [6.45, 7) is 5.87. The van der Waals surface area contributed by atoms with E-state index in [2.05, 4.69) is 21.2 Å². The van der Waals surface area contributed by atoms with E-state index in [0.29, 0.717) is 23.0 Å². The van der Waals surface area contributed by atoms with Crippen molar-refractivity contribution in [1.82, 2.24) is 20.3 Å². The summed E-state index contributed by atoms with van der Waals surface area (Å²) in [7, 11) is 0. The first-order valence-electron chi connectivity index (χ1n) is 9.30. The third-order valence-corrected chi connectivity index (χ3v) is 4.67. The molecule has 1 heterocycles. The quantitative estimate of drug-likeness (QED) is 0.555. The van der Waals surface area contributed by atoms with Gasteiger partial charge in [-0.25, -0.2) is 4.98 Å². The summed E-state index contributed by atoms with van der Waals surface area (Å²) in [5, 5.41) is 3.08. The van der Waals surface area contributed by atoms with E-state index in [0.717, 1.165) is 11.1 Å². The van der Waals surface area contributed by atoms with Crippen LogP contribution in [-0.4, -0.2) is 27.9 Å². The van der Waals surface area contributed by atoms with Crippen LogP contribution in [0.4, 0.5) is 5.95 Å². The van der Waals surface area contributed by atoms with Crippen molar-refractivity contribution in [3.8, 4) is 0 Å². The topological polar surface area (TPSA) is 105 Å². The predicted octanol–water partition coefficient (Wildman–Crippen LogP) is 1.91. The number of hydrogen-bond donors (Lipinski definition) is 3. The van der Waals surface area contributed by atoms with Crippen molar-refractivity contribution in [2.75, 3.05) is 12.0 Å². The van der Waals surface area contributed by atoms with E-state index in [4.69, 9.17) is 0 Å². The average molecular weight is 393 g/mol. The van der Waals surface area contributed by atoms with Crippen molar-refractivity contribution in [2.24, 2.45) is 0 Å². The van der Waals surface area contributed by atoms with Crippen LogP contribution < -0.4 is 21.7 Å². The summed E-state index contributed by atoms with van der Waals surface area (Å²) < 4.78 is 1.43. The van der Waals surface area contributed by atoms with Gasteiger partial charge in [-0.2, -0.15) is 0 Å². The maximum Gasteiger partial charge on any atom is 0.262 e. The molecule has 29 heavy (non-hydrogen) atoms. The van der Waals surface area contributed by atoms with E-state index in [-0.39, 0.29) is 24.0 Å². The average Bonchev–Trinajstić information content (AvgIpc) is 2.72. The van der Waals surface area contributed by atoms with E-state index < -0.39 is 5.91 Å². The van der Waals surface area contributed by atoms with Gasteiger partial charge in [0.2, 0.25) is 5.95 Å². The van der Waals surface area contributed by atoms with Gasteiger partial charge in [0.1, 0.15) is 0 Å². The van der Waals surface area contributed by atoms with Crippen molar-refractivity contribution < 1.29 is 9.59 Å². The van der Waals surface area contributed by atoms with Crippen LogP contribution in [0, 0.1) is 13.8 Å². The Balaban J connectivity index is 1.64. The molecule has 0 aliphatic heterocycles. The van der Waals surface area contributed by atoms with Gasteiger partial charge < -0.3 is 5.32 Å². The zero-order valence-electron chi connectivity index (χ0n) is 16.6. The van der Waals surface area contributed by atoms with Gasteiger partial charge in [-0.05, 0) is 56.2 Å². The minimum Gasteiger partial charge on any atom is -0.343 e. The number of fused-ring (bicyclic) bond motifs is 1. The molecule has 0 saturated heterocycles. The fourth-order valence-corrected chi connectivity index (χ4v) is 2.87. The highest BCUT2D eigenvalue weighted by atomic mass is 16.2. The molecule has 0 aliphatic carbocycles. The number of rotatable bonds is 6. The fourth-order valence-electron chi connectivity index (χ4n) is 2.87. The summed E-state index contributed by atoms with van der Waals surface area (Å²) in [6, 6.07) is 12.4. The molecule has 0 unspecified atom stereocenters. The summed E-state index contributed by atoms with van der Waals surface area (Å²) in [6.07, 6.45) is 0. The van der Waals surface area contributed by atoms with Gasteiger partial charge in [0, 0.05) is 12.1 Å². The smallest absolute Gasteiger partial charge is 0.262 e. The highest BCUT2D eigenvalue weighted by Crippen LogP contribution is 2.11. The molecular weight excluding hydrogens is 370 g/mol. The number of hydrazine groups is 1. The molecule has 3 aromatic rings. The Bertz CT molecular complexity index is 1140.